The van der Waals surface area contributed by atoms with Crippen molar-refractivity contribution >= 4 is 52.6 Å². The first-order valence-electron chi connectivity index (χ1n) is 12.1. The maximum absolute atomic E-state index is 12.2. The van der Waals surface area contributed by atoms with E-state index in [1.807, 2.05) is 0 Å². The topological polar surface area (TPSA) is 277 Å². The zero-order valence-corrected chi connectivity index (χ0v) is 22.6. The van der Waals surface area contributed by atoms with Crippen LogP contribution in [0, 0.1) is 0 Å². The zero-order chi connectivity index (χ0) is 29.1. The lowest BCUT2D eigenvalue weighted by Crippen LogP contribution is -2.35. The third kappa shape index (κ3) is 5.07. The third-order valence-electron chi connectivity index (χ3n) is 6.78. The number of hydrogen-bond donors (Lipinski definition) is 7. The first-order valence-corrected chi connectivity index (χ1v) is 14.7. The number of aliphatic hydroxyl groups excluding tert-OH is 3. The maximum atomic E-state index is 12.2. The highest BCUT2D eigenvalue weighted by atomic mass is 32.5. The van der Waals surface area contributed by atoms with E-state index in [1.54, 1.807) is 4.57 Å². The lowest BCUT2D eigenvalue weighted by atomic mass is 10.1. The van der Waals surface area contributed by atoms with Gasteiger partial charge < -0.3 is 45.7 Å². The van der Waals surface area contributed by atoms with Crippen molar-refractivity contribution in [1.82, 2.24) is 39.0 Å². The molecule has 8 atom stereocenters. The Bertz CT molecular complexity index is 1700. The molecule has 0 saturated carbocycles. The minimum atomic E-state index is -4.12. The molecule has 2 aliphatic rings. The van der Waals surface area contributed by atoms with E-state index in [9.17, 15) is 25.0 Å². The molecular weight excluding hydrogens is 587 g/mol. The van der Waals surface area contributed by atoms with Gasteiger partial charge in [-0.3, -0.25) is 23.4 Å². The van der Waals surface area contributed by atoms with E-state index in [-0.39, 0.29) is 36.0 Å². The molecule has 6 rings (SSSR count). The summed E-state index contributed by atoms with van der Waals surface area (Å²) < 4.78 is 25.6. The van der Waals surface area contributed by atoms with Crippen LogP contribution in [0.25, 0.3) is 22.3 Å². The molecule has 0 amide bonds. The number of ether oxygens (including phenoxy) is 2. The molecule has 41 heavy (non-hydrogen) atoms. The van der Waals surface area contributed by atoms with Crippen LogP contribution in [0.5, 0.6) is 0 Å². The molecule has 2 saturated heterocycles. The second-order valence-electron chi connectivity index (χ2n) is 9.36. The summed E-state index contributed by atoms with van der Waals surface area (Å²) in [7, 11) is 0. The van der Waals surface area contributed by atoms with Gasteiger partial charge in [-0.15, -0.1) is 0 Å². The predicted molar refractivity (Wildman–Crippen MR) is 141 cm³/mol. The highest BCUT2D eigenvalue weighted by Gasteiger charge is 2.48. The normalized spacial score (nSPS) is 29.9. The molecular formula is C20H25N10O9PS. The molecule has 4 aromatic heterocycles. The predicted octanol–water partition coefficient (Wildman–Crippen LogP) is -2.36. The average Bonchev–Trinajstić information content (AvgIpc) is 3.69. The number of nitrogens with two attached hydrogens (primary N) is 2. The summed E-state index contributed by atoms with van der Waals surface area (Å²) in [6.07, 6.45) is -3.72. The van der Waals surface area contributed by atoms with E-state index in [2.05, 4.69) is 29.9 Å². The van der Waals surface area contributed by atoms with Crippen LogP contribution in [0.1, 0.15) is 18.9 Å². The molecule has 0 aliphatic carbocycles. The fourth-order valence-corrected chi connectivity index (χ4v) is 6.22. The Kier molecular flexibility index (Phi) is 7.22. The molecule has 9 N–H and O–H groups in total. The number of fused-ring (bicyclic) bond motifs is 2. The number of imidazole rings is 2. The van der Waals surface area contributed by atoms with Crippen molar-refractivity contribution in [1.29, 1.82) is 0 Å². The molecule has 0 radical (unpaired) electrons. The van der Waals surface area contributed by atoms with Crippen LogP contribution in [-0.4, -0.2) is 103 Å². The summed E-state index contributed by atoms with van der Waals surface area (Å²) >= 11 is 5.18. The molecule has 2 fully saturated rings. The van der Waals surface area contributed by atoms with E-state index in [1.165, 1.54) is 23.5 Å². The summed E-state index contributed by atoms with van der Waals surface area (Å²) in [5.74, 6) is 0.00229. The number of nitrogens with one attached hydrogen (secondary N) is 1. The van der Waals surface area contributed by atoms with Crippen molar-refractivity contribution in [2.45, 2.75) is 49.4 Å². The smallest absolute Gasteiger partial charge is 0.325 e. The summed E-state index contributed by atoms with van der Waals surface area (Å²) in [4.78, 5) is 45.7. The van der Waals surface area contributed by atoms with Gasteiger partial charge in [0, 0.05) is 6.42 Å². The minimum absolute atomic E-state index is 0.00960. The van der Waals surface area contributed by atoms with Crippen molar-refractivity contribution < 1.29 is 38.7 Å². The fourth-order valence-electron chi connectivity index (χ4n) is 4.80. The van der Waals surface area contributed by atoms with Gasteiger partial charge in [0.1, 0.15) is 42.5 Å². The number of aliphatic hydroxyl groups is 3. The van der Waals surface area contributed by atoms with Crippen LogP contribution < -0.4 is 17.0 Å². The number of H-pyrrole nitrogens is 1. The summed E-state index contributed by atoms with van der Waals surface area (Å²) in [5, 5.41) is 31.1. The van der Waals surface area contributed by atoms with E-state index in [0.29, 0.717) is 11.2 Å². The van der Waals surface area contributed by atoms with Crippen LogP contribution in [0.4, 0.5) is 11.8 Å². The highest BCUT2D eigenvalue weighted by Crippen LogP contribution is 2.50. The zero-order valence-electron chi connectivity index (χ0n) is 20.9. The Hall–Kier alpha value is -3.17. The third-order valence-corrected chi connectivity index (χ3v) is 8.34. The van der Waals surface area contributed by atoms with Gasteiger partial charge in [0.25, 0.3) is 5.56 Å². The van der Waals surface area contributed by atoms with Crippen molar-refractivity contribution in [3.05, 3.63) is 29.3 Å². The van der Waals surface area contributed by atoms with Gasteiger partial charge in [-0.25, -0.2) is 19.9 Å². The number of aromatic nitrogens is 8. The number of nitrogens with zero attached hydrogens (tertiary/aromatic N) is 7. The molecule has 19 nitrogen and oxygen atoms in total. The number of nitrogen functional groups attached to an aromatic ring is 2. The molecule has 2 aliphatic heterocycles. The minimum Gasteiger partial charge on any atom is -0.394 e. The quantitative estimate of drug-likeness (QED) is 0.102. The molecule has 0 spiro atoms. The van der Waals surface area contributed by atoms with Crippen LogP contribution >= 0.6 is 6.72 Å². The Balaban J connectivity index is 1.17. The van der Waals surface area contributed by atoms with Crippen molar-refractivity contribution in [2.75, 3.05) is 24.7 Å². The van der Waals surface area contributed by atoms with Gasteiger partial charge in [-0.2, -0.15) is 4.98 Å². The summed E-state index contributed by atoms with van der Waals surface area (Å²) in [6, 6.07) is 0. The molecule has 0 bridgehead atoms. The second kappa shape index (κ2) is 10.6. The highest BCUT2D eigenvalue weighted by molar-refractivity contribution is 8.07. The van der Waals surface area contributed by atoms with Gasteiger partial charge in [0.2, 0.25) is 5.95 Å². The van der Waals surface area contributed by atoms with Gasteiger partial charge in [-0.1, -0.05) is 0 Å². The number of hydrogen-bond acceptors (Lipinski definition) is 16. The van der Waals surface area contributed by atoms with Crippen LogP contribution in [0.2, 0.25) is 0 Å². The number of aromatic amines is 1. The molecule has 0 aromatic carbocycles. The summed E-state index contributed by atoms with van der Waals surface area (Å²) in [6.45, 7) is -5.09. The van der Waals surface area contributed by atoms with Gasteiger partial charge in [0.15, 0.2) is 28.9 Å². The molecule has 6 heterocycles. The van der Waals surface area contributed by atoms with E-state index in [4.69, 9.17) is 41.8 Å². The molecule has 4 aromatic rings. The Morgan fingerprint density at radius 1 is 1.10 bits per heavy atom. The maximum Gasteiger partial charge on any atom is 0.325 e. The Morgan fingerprint density at radius 3 is 2.63 bits per heavy atom. The van der Waals surface area contributed by atoms with E-state index in [0.717, 1.165) is 0 Å². The standard InChI is InChI=1S/C20H25N10O9PS/c21-15-11-16(24-4-23-15)29(5-25-11)10-1-7(32)9(37-10)3-36-40(35,41)39-14-13(33)8(2-31)38-19(14)30-6-26-12-17(30)27-20(22)28-18(12)34/h4-10,13-14,19,31-33H,1-3H2,(H,35,41)(H2,21,23,24)(H3,22,27,28,34)/t7?,8-,9-,10-,13?,14?,19-,40?/m1/s1. The van der Waals surface area contributed by atoms with Crippen molar-refractivity contribution in [3.8, 4) is 0 Å². The Morgan fingerprint density at radius 2 is 1.85 bits per heavy atom. The van der Waals surface area contributed by atoms with Gasteiger partial charge >= 0.3 is 6.72 Å². The van der Waals surface area contributed by atoms with Crippen LogP contribution in [-0.2, 0) is 30.3 Å². The van der Waals surface area contributed by atoms with Crippen molar-refractivity contribution in [2.24, 2.45) is 0 Å². The molecule has 220 valence electrons. The number of rotatable bonds is 8. The van der Waals surface area contributed by atoms with E-state index >= 15 is 0 Å². The largest absolute Gasteiger partial charge is 0.394 e. The lowest BCUT2D eigenvalue weighted by Gasteiger charge is -2.27. The van der Waals surface area contributed by atoms with Crippen LogP contribution in [0.3, 0.4) is 0 Å². The summed E-state index contributed by atoms with van der Waals surface area (Å²) in [5.41, 5.74) is 11.6. The first kappa shape index (κ1) is 28.0. The lowest BCUT2D eigenvalue weighted by molar-refractivity contribution is -0.0547. The fraction of sp³-hybridized carbons (Fsp3) is 0.500. The second-order valence-corrected chi connectivity index (χ2v) is 12.2. The molecule has 21 heteroatoms. The van der Waals surface area contributed by atoms with E-state index < -0.39 is 61.9 Å². The van der Waals surface area contributed by atoms with Gasteiger partial charge in [-0.05, 0) is 11.8 Å². The average molecular weight is 613 g/mol. The van der Waals surface area contributed by atoms with Gasteiger partial charge in [0.05, 0.1) is 32.0 Å². The molecule has 4 unspecified atom stereocenters. The monoisotopic (exact) mass is 612 g/mol. The van der Waals surface area contributed by atoms with Crippen molar-refractivity contribution in [3.63, 3.8) is 0 Å². The first-order chi connectivity index (χ1) is 19.6. The van der Waals surface area contributed by atoms with Crippen LogP contribution in [0.15, 0.2) is 23.8 Å². The SMILES string of the molecule is Nc1nc2c(ncn2[C@@H]2O[C@H](CO)C(O)C2OP(O)(=S)OC[C@H]2O[C@@H](n3cnc4c(N)ncnc43)CC2O)c(=O)[nH]1. The Labute approximate surface area is 233 Å². The number of anilines is 2.